The van der Waals surface area contributed by atoms with Crippen molar-refractivity contribution in [3.8, 4) is 0 Å². The molecule has 9 heteroatoms. The molecule has 0 spiro atoms. The number of benzene rings is 1. The number of sulfonamides is 1. The van der Waals surface area contributed by atoms with Crippen molar-refractivity contribution in [3.05, 3.63) is 46.7 Å². The van der Waals surface area contributed by atoms with Gasteiger partial charge in [-0.1, -0.05) is 24.1 Å². The number of aryl methyl sites for hydroxylation is 1. The third-order valence-corrected chi connectivity index (χ3v) is 9.66. The van der Waals surface area contributed by atoms with Crippen LogP contribution in [-0.4, -0.2) is 33.9 Å². The van der Waals surface area contributed by atoms with Gasteiger partial charge in [-0.05, 0) is 60.3 Å². The topological polar surface area (TPSA) is 81.4 Å². The Morgan fingerprint density at radius 3 is 2.46 bits per heavy atom. The molecule has 3 atom stereocenters. The zero-order chi connectivity index (χ0) is 18.9. The van der Waals surface area contributed by atoms with Gasteiger partial charge in [-0.2, -0.15) is 13.5 Å². The van der Waals surface area contributed by atoms with E-state index in [1.165, 1.54) is 18.4 Å². The molecule has 1 heterocycles. The average Bonchev–Trinajstić information content (AvgIpc) is 3.01. The van der Waals surface area contributed by atoms with Crippen molar-refractivity contribution in [2.24, 2.45) is 3.77 Å². The SMILES string of the molecule is Cc1ccc(S(=O)(=O)N=S(C)(=O)[C@H]2CCC[C@@H](n3ccc(Br)n3)C2)cc1. The van der Waals surface area contributed by atoms with Crippen LogP contribution in [0, 0.1) is 6.92 Å². The third-order valence-electron chi connectivity index (χ3n) is 4.73. The summed E-state index contributed by atoms with van der Waals surface area (Å²) < 4.78 is 44.8. The molecule has 0 N–H and O–H groups in total. The summed E-state index contributed by atoms with van der Waals surface area (Å²) in [6.45, 7) is 1.88. The van der Waals surface area contributed by atoms with Gasteiger partial charge >= 0.3 is 0 Å². The first-order valence-electron chi connectivity index (χ1n) is 8.42. The van der Waals surface area contributed by atoms with E-state index >= 15 is 0 Å². The molecule has 2 aromatic rings. The van der Waals surface area contributed by atoms with Gasteiger partial charge in [0.2, 0.25) is 0 Å². The molecule has 1 aromatic heterocycles. The number of hydrogen-bond acceptors (Lipinski definition) is 4. The van der Waals surface area contributed by atoms with Crippen molar-refractivity contribution in [3.63, 3.8) is 0 Å². The minimum Gasteiger partial charge on any atom is -0.269 e. The zero-order valence-corrected chi connectivity index (χ0v) is 17.9. The van der Waals surface area contributed by atoms with Gasteiger partial charge < -0.3 is 0 Å². The lowest BCUT2D eigenvalue weighted by atomic mass is 9.95. The monoisotopic (exact) mass is 459 g/mol. The molecule has 1 aliphatic carbocycles. The lowest BCUT2D eigenvalue weighted by Gasteiger charge is -2.29. The van der Waals surface area contributed by atoms with Crippen LogP contribution >= 0.6 is 15.9 Å². The quantitative estimate of drug-likeness (QED) is 0.693. The Morgan fingerprint density at radius 1 is 1.15 bits per heavy atom. The van der Waals surface area contributed by atoms with Crippen LogP contribution in [0.25, 0.3) is 0 Å². The summed E-state index contributed by atoms with van der Waals surface area (Å²) in [7, 11) is -6.84. The van der Waals surface area contributed by atoms with E-state index in [2.05, 4.69) is 24.8 Å². The maximum absolute atomic E-state index is 13.2. The van der Waals surface area contributed by atoms with Gasteiger partial charge in [0.05, 0.1) is 20.7 Å². The van der Waals surface area contributed by atoms with Crippen LogP contribution in [0.3, 0.4) is 0 Å². The van der Waals surface area contributed by atoms with Gasteiger partial charge in [-0.3, -0.25) is 4.68 Å². The Kier molecular flexibility index (Phi) is 5.60. The smallest absolute Gasteiger partial charge is 0.269 e. The number of nitrogens with zero attached hydrogens (tertiary/aromatic N) is 3. The summed E-state index contributed by atoms with van der Waals surface area (Å²) >= 11 is 3.34. The second kappa shape index (κ2) is 7.44. The second-order valence-corrected chi connectivity index (χ2v) is 12.0. The molecule has 6 nitrogen and oxygen atoms in total. The average molecular weight is 460 g/mol. The summed E-state index contributed by atoms with van der Waals surface area (Å²) in [5.74, 6) is 0. The standard InChI is InChI=1S/C17H22BrN3O3S2/c1-13-6-8-15(9-7-13)26(23,24)20-25(2,22)16-5-3-4-14(12-16)21-11-10-17(18)19-21/h6-11,14,16H,3-5,12H2,1-2H3/t14-,16+,25?/m1/s1. The van der Waals surface area contributed by atoms with Crippen molar-refractivity contribution in [1.82, 2.24) is 9.78 Å². The fraction of sp³-hybridized carbons (Fsp3) is 0.471. The first-order chi connectivity index (χ1) is 12.2. The Balaban J connectivity index is 1.87. The number of hydrogen-bond donors (Lipinski definition) is 0. The molecular weight excluding hydrogens is 438 g/mol. The largest absolute Gasteiger partial charge is 0.290 e. The maximum atomic E-state index is 13.2. The van der Waals surface area contributed by atoms with E-state index in [4.69, 9.17) is 0 Å². The molecule has 0 radical (unpaired) electrons. The minimum atomic E-state index is -3.94. The van der Waals surface area contributed by atoms with E-state index in [1.54, 1.807) is 12.1 Å². The number of aromatic nitrogens is 2. The van der Waals surface area contributed by atoms with E-state index < -0.39 is 19.8 Å². The zero-order valence-electron chi connectivity index (χ0n) is 14.7. The Labute approximate surface area is 163 Å². The first kappa shape index (κ1) is 19.6. The van der Waals surface area contributed by atoms with E-state index in [0.717, 1.165) is 23.0 Å². The van der Waals surface area contributed by atoms with Crippen LogP contribution < -0.4 is 0 Å². The number of rotatable bonds is 4. The Hall–Kier alpha value is -1.19. The summed E-state index contributed by atoms with van der Waals surface area (Å²) in [5.41, 5.74) is 0.960. The van der Waals surface area contributed by atoms with Gasteiger partial charge in [0.25, 0.3) is 10.0 Å². The molecule has 0 aliphatic heterocycles. The van der Waals surface area contributed by atoms with Crippen LogP contribution in [-0.2, 0) is 19.8 Å². The molecule has 1 aromatic carbocycles. The third kappa shape index (κ3) is 4.37. The predicted octanol–water partition coefficient (Wildman–Crippen LogP) is 3.92. The van der Waals surface area contributed by atoms with Crippen molar-refractivity contribution in [1.29, 1.82) is 0 Å². The lowest BCUT2D eigenvalue weighted by molar-refractivity contribution is 0.332. The summed E-state index contributed by atoms with van der Waals surface area (Å²) in [5, 5.41) is 4.10. The Bertz CT molecular complexity index is 1010. The van der Waals surface area contributed by atoms with Crippen LogP contribution in [0.1, 0.15) is 37.3 Å². The van der Waals surface area contributed by atoms with Crippen LogP contribution in [0.15, 0.2) is 49.8 Å². The molecule has 1 fully saturated rings. The molecule has 0 saturated heterocycles. The van der Waals surface area contributed by atoms with Gasteiger partial charge in [0, 0.05) is 17.7 Å². The fourth-order valence-corrected chi connectivity index (χ4v) is 7.64. The van der Waals surface area contributed by atoms with E-state index in [1.807, 2.05) is 23.9 Å². The summed E-state index contributed by atoms with van der Waals surface area (Å²) in [6.07, 6.45) is 6.47. The van der Waals surface area contributed by atoms with Gasteiger partial charge in [0.1, 0.15) is 4.60 Å². The van der Waals surface area contributed by atoms with Gasteiger partial charge in [-0.25, -0.2) is 4.21 Å². The molecular formula is C17H22BrN3O3S2. The molecule has 1 saturated carbocycles. The highest BCUT2D eigenvalue weighted by Crippen LogP contribution is 2.33. The molecule has 3 rings (SSSR count). The maximum Gasteiger partial charge on any atom is 0.290 e. The molecule has 26 heavy (non-hydrogen) atoms. The van der Waals surface area contributed by atoms with Crippen LogP contribution in [0.4, 0.5) is 0 Å². The molecule has 1 aliphatic rings. The highest BCUT2D eigenvalue weighted by Gasteiger charge is 2.31. The molecule has 1 unspecified atom stereocenters. The van der Waals surface area contributed by atoms with E-state index in [9.17, 15) is 12.6 Å². The van der Waals surface area contributed by atoms with Crippen molar-refractivity contribution in [2.45, 2.75) is 48.8 Å². The molecule has 0 amide bonds. The predicted molar refractivity (Wildman–Crippen MR) is 106 cm³/mol. The van der Waals surface area contributed by atoms with E-state index in [-0.39, 0.29) is 16.2 Å². The number of halogens is 1. The highest BCUT2D eigenvalue weighted by molar-refractivity contribution is 9.10. The highest BCUT2D eigenvalue weighted by atomic mass is 79.9. The lowest BCUT2D eigenvalue weighted by Crippen LogP contribution is -2.29. The summed E-state index contributed by atoms with van der Waals surface area (Å²) in [4.78, 5) is 0.0843. The normalized spacial score (nSPS) is 23.3. The second-order valence-electron chi connectivity index (χ2n) is 6.78. The van der Waals surface area contributed by atoms with Gasteiger partial charge in [0.15, 0.2) is 0 Å². The minimum absolute atomic E-state index is 0.0843. The first-order valence-corrected chi connectivity index (χ1v) is 12.6. The van der Waals surface area contributed by atoms with Gasteiger partial charge in [-0.15, -0.1) is 3.77 Å². The molecule has 142 valence electrons. The summed E-state index contributed by atoms with van der Waals surface area (Å²) in [6, 6.07) is 8.42. The van der Waals surface area contributed by atoms with Crippen molar-refractivity contribution < 1.29 is 12.6 Å². The molecule has 0 bridgehead atoms. The van der Waals surface area contributed by atoms with Crippen molar-refractivity contribution >= 4 is 35.7 Å². The van der Waals surface area contributed by atoms with Crippen molar-refractivity contribution in [2.75, 3.05) is 6.26 Å². The Morgan fingerprint density at radius 2 is 1.85 bits per heavy atom. The van der Waals surface area contributed by atoms with Crippen LogP contribution in [0.2, 0.25) is 0 Å². The van der Waals surface area contributed by atoms with E-state index in [0.29, 0.717) is 12.8 Å². The van der Waals surface area contributed by atoms with Crippen LogP contribution in [0.5, 0.6) is 0 Å². The fourth-order valence-electron chi connectivity index (χ4n) is 3.28.